The second kappa shape index (κ2) is 10.2. The highest BCUT2D eigenvalue weighted by molar-refractivity contribution is 5.76. The number of rotatable bonds is 6. The summed E-state index contributed by atoms with van der Waals surface area (Å²) in [6.07, 6.45) is 2.99. The fourth-order valence-electron chi connectivity index (χ4n) is 4.82. The summed E-state index contributed by atoms with van der Waals surface area (Å²) >= 11 is 0. The van der Waals surface area contributed by atoms with Crippen LogP contribution in [-0.4, -0.2) is 73.3 Å². The molecule has 0 unspecified atom stereocenters. The lowest BCUT2D eigenvalue weighted by molar-refractivity contribution is -0.133. The summed E-state index contributed by atoms with van der Waals surface area (Å²) < 4.78 is 40.7. The van der Waals surface area contributed by atoms with Gasteiger partial charge < -0.3 is 24.2 Å². The number of anilines is 2. The number of amides is 1. The standard InChI is InChI=1S/C24H29F2N5O4/c25-18-13-16(35-12-10-29-5-2-1-3-21(29)32)14-19(26)22(18)30-6-8-31(9-7-30)24-27-20-4-11-34-15-17(20)23(33)28-24/h13-14H,1-12,15H2,(H,27,28,33). The van der Waals surface area contributed by atoms with E-state index >= 15 is 0 Å². The Labute approximate surface area is 201 Å². The number of carbonyl (C=O) groups excluding carboxylic acids is 1. The van der Waals surface area contributed by atoms with Gasteiger partial charge in [0.05, 0.1) is 31.0 Å². The van der Waals surface area contributed by atoms with E-state index in [0.29, 0.717) is 70.2 Å². The number of fused-ring (bicyclic) bond motifs is 1. The molecule has 35 heavy (non-hydrogen) atoms. The lowest BCUT2D eigenvalue weighted by atomic mass is 10.1. The number of aromatic amines is 1. The zero-order valence-electron chi connectivity index (χ0n) is 19.5. The number of ether oxygens (including phenoxy) is 2. The van der Waals surface area contributed by atoms with E-state index in [1.807, 2.05) is 4.90 Å². The molecular formula is C24H29F2N5O4. The van der Waals surface area contributed by atoms with Crippen molar-refractivity contribution in [2.45, 2.75) is 32.3 Å². The highest BCUT2D eigenvalue weighted by Crippen LogP contribution is 2.29. The first-order valence-corrected chi connectivity index (χ1v) is 12.1. The van der Waals surface area contributed by atoms with Gasteiger partial charge in [0.15, 0.2) is 11.6 Å². The van der Waals surface area contributed by atoms with Gasteiger partial charge in [0, 0.05) is 57.7 Å². The molecule has 0 radical (unpaired) electrons. The lowest BCUT2D eigenvalue weighted by Crippen LogP contribution is -2.48. The summed E-state index contributed by atoms with van der Waals surface area (Å²) in [5, 5.41) is 0. The zero-order chi connectivity index (χ0) is 24.4. The second-order valence-corrected chi connectivity index (χ2v) is 9.01. The van der Waals surface area contributed by atoms with Crippen LogP contribution in [0.4, 0.5) is 20.4 Å². The van der Waals surface area contributed by atoms with Crippen molar-refractivity contribution in [1.82, 2.24) is 14.9 Å². The van der Waals surface area contributed by atoms with Gasteiger partial charge in [-0.25, -0.2) is 13.8 Å². The molecule has 1 N–H and O–H groups in total. The van der Waals surface area contributed by atoms with E-state index in [9.17, 15) is 18.4 Å². The van der Waals surface area contributed by atoms with Crippen LogP contribution in [0, 0.1) is 11.6 Å². The van der Waals surface area contributed by atoms with Crippen LogP contribution >= 0.6 is 0 Å². The number of benzene rings is 1. The van der Waals surface area contributed by atoms with E-state index in [4.69, 9.17) is 9.47 Å². The number of halogens is 2. The van der Waals surface area contributed by atoms with Crippen molar-refractivity contribution in [1.29, 1.82) is 0 Å². The number of carbonyl (C=O) groups is 1. The molecule has 2 aromatic rings. The molecule has 0 saturated carbocycles. The second-order valence-electron chi connectivity index (χ2n) is 9.01. The highest BCUT2D eigenvalue weighted by atomic mass is 19.1. The van der Waals surface area contributed by atoms with Crippen LogP contribution in [0.2, 0.25) is 0 Å². The molecule has 0 bridgehead atoms. The average Bonchev–Trinajstić information content (AvgIpc) is 2.85. The first-order chi connectivity index (χ1) is 17.0. The van der Waals surface area contributed by atoms with Gasteiger partial charge in [0.1, 0.15) is 18.0 Å². The van der Waals surface area contributed by atoms with Crippen molar-refractivity contribution in [3.8, 4) is 5.75 Å². The van der Waals surface area contributed by atoms with E-state index in [1.165, 1.54) is 12.1 Å². The molecule has 4 heterocycles. The normalized spacial score (nSPS) is 18.6. The zero-order valence-corrected chi connectivity index (χ0v) is 19.5. The number of piperidine rings is 1. The van der Waals surface area contributed by atoms with Crippen molar-refractivity contribution in [3.05, 3.63) is 45.4 Å². The molecule has 188 valence electrons. The third kappa shape index (κ3) is 5.09. The molecule has 0 atom stereocenters. The maximum absolute atomic E-state index is 14.9. The molecule has 3 aliphatic rings. The molecule has 3 aliphatic heterocycles. The Hall–Kier alpha value is -3.21. The molecular weight excluding hydrogens is 460 g/mol. The van der Waals surface area contributed by atoms with Gasteiger partial charge in [-0.15, -0.1) is 0 Å². The molecule has 2 saturated heterocycles. The third-order valence-electron chi connectivity index (χ3n) is 6.76. The summed E-state index contributed by atoms with van der Waals surface area (Å²) in [5.74, 6) is -0.708. The Morgan fingerprint density at radius 1 is 1.00 bits per heavy atom. The van der Waals surface area contributed by atoms with Gasteiger partial charge in [0.25, 0.3) is 5.56 Å². The summed E-state index contributed by atoms with van der Waals surface area (Å²) in [6.45, 7) is 3.73. The summed E-state index contributed by atoms with van der Waals surface area (Å²) in [6, 6.07) is 2.38. The summed E-state index contributed by atoms with van der Waals surface area (Å²) in [5.41, 5.74) is 1.01. The van der Waals surface area contributed by atoms with Crippen LogP contribution in [0.25, 0.3) is 0 Å². The average molecular weight is 490 g/mol. The first kappa shape index (κ1) is 23.5. The van der Waals surface area contributed by atoms with Crippen molar-refractivity contribution in [2.24, 2.45) is 0 Å². The fourth-order valence-corrected chi connectivity index (χ4v) is 4.82. The van der Waals surface area contributed by atoms with Gasteiger partial charge in [0.2, 0.25) is 11.9 Å². The summed E-state index contributed by atoms with van der Waals surface area (Å²) in [4.78, 5) is 36.9. The molecule has 9 nitrogen and oxygen atoms in total. The highest BCUT2D eigenvalue weighted by Gasteiger charge is 2.26. The number of aromatic nitrogens is 2. The number of piperazine rings is 1. The van der Waals surface area contributed by atoms with E-state index < -0.39 is 11.6 Å². The van der Waals surface area contributed by atoms with E-state index in [2.05, 4.69) is 9.97 Å². The topological polar surface area (TPSA) is 91.0 Å². The Balaban J connectivity index is 1.20. The number of nitrogens with zero attached hydrogens (tertiary/aromatic N) is 4. The quantitative estimate of drug-likeness (QED) is 0.662. The molecule has 0 spiro atoms. The minimum absolute atomic E-state index is 0.0905. The monoisotopic (exact) mass is 489 g/mol. The van der Waals surface area contributed by atoms with E-state index in [1.54, 1.807) is 9.80 Å². The van der Waals surface area contributed by atoms with Crippen molar-refractivity contribution in [3.63, 3.8) is 0 Å². The van der Waals surface area contributed by atoms with E-state index in [-0.39, 0.29) is 36.1 Å². The molecule has 1 aromatic carbocycles. The smallest absolute Gasteiger partial charge is 0.258 e. The number of hydrogen-bond acceptors (Lipinski definition) is 7. The van der Waals surface area contributed by atoms with Gasteiger partial charge in [-0.1, -0.05) is 0 Å². The molecule has 11 heteroatoms. The fraction of sp³-hybridized carbons (Fsp3) is 0.542. The minimum atomic E-state index is -0.692. The van der Waals surface area contributed by atoms with Crippen LogP contribution < -0.4 is 20.1 Å². The molecule has 2 fully saturated rings. The predicted molar refractivity (Wildman–Crippen MR) is 125 cm³/mol. The van der Waals surface area contributed by atoms with Gasteiger partial charge >= 0.3 is 0 Å². The number of hydrogen-bond donors (Lipinski definition) is 1. The maximum Gasteiger partial charge on any atom is 0.258 e. The van der Waals surface area contributed by atoms with Crippen LogP contribution in [0.5, 0.6) is 5.75 Å². The van der Waals surface area contributed by atoms with Gasteiger partial charge in [-0.3, -0.25) is 14.6 Å². The molecule has 1 amide bonds. The molecule has 0 aliphatic carbocycles. The van der Waals surface area contributed by atoms with Crippen molar-refractivity contribution >= 4 is 17.5 Å². The largest absolute Gasteiger partial charge is 0.492 e. The Kier molecular flexibility index (Phi) is 6.85. The summed E-state index contributed by atoms with van der Waals surface area (Å²) in [7, 11) is 0. The van der Waals surface area contributed by atoms with Gasteiger partial charge in [-0.05, 0) is 12.8 Å². The van der Waals surface area contributed by atoms with Crippen LogP contribution in [0.3, 0.4) is 0 Å². The SMILES string of the molecule is O=C1CCCCN1CCOc1cc(F)c(N2CCN(c3nc4c(c(=O)[nH]3)COCC4)CC2)c(F)c1. The number of H-pyrrole nitrogens is 1. The van der Waals surface area contributed by atoms with E-state index in [0.717, 1.165) is 18.5 Å². The third-order valence-corrected chi connectivity index (χ3v) is 6.76. The first-order valence-electron chi connectivity index (χ1n) is 12.1. The Bertz CT molecular complexity index is 1130. The Morgan fingerprint density at radius 2 is 1.74 bits per heavy atom. The minimum Gasteiger partial charge on any atom is -0.492 e. The predicted octanol–water partition coefficient (Wildman–Crippen LogP) is 1.84. The van der Waals surface area contributed by atoms with Crippen molar-refractivity contribution < 1.29 is 23.0 Å². The van der Waals surface area contributed by atoms with Gasteiger partial charge in [-0.2, -0.15) is 0 Å². The Morgan fingerprint density at radius 3 is 2.49 bits per heavy atom. The van der Waals surface area contributed by atoms with Crippen LogP contribution in [-0.2, 0) is 22.6 Å². The maximum atomic E-state index is 14.9. The van der Waals surface area contributed by atoms with Crippen molar-refractivity contribution in [2.75, 3.05) is 62.3 Å². The lowest BCUT2D eigenvalue weighted by Gasteiger charge is -2.36. The number of nitrogens with one attached hydrogen (secondary N) is 1. The number of likely N-dealkylation sites (tertiary alicyclic amines) is 1. The van der Waals surface area contributed by atoms with Crippen LogP contribution in [0.1, 0.15) is 30.5 Å². The molecule has 1 aromatic heterocycles. The molecule has 5 rings (SSSR count). The van der Waals surface area contributed by atoms with Crippen LogP contribution in [0.15, 0.2) is 16.9 Å².